The molecule has 0 fully saturated rings. The molecule has 0 bridgehead atoms. The van der Waals surface area contributed by atoms with Crippen LogP contribution < -0.4 is 0 Å². The van der Waals surface area contributed by atoms with Gasteiger partial charge in [0.05, 0.1) is 23.0 Å². The van der Waals surface area contributed by atoms with Gasteiger partial charge in [-0.3, -0.25) is 9.78 Å². The Morgan fingerprint density at radius 2 is 1.96 bits per heavy atom. The fourth-order valence-corrected chi connectivity index (χ4v) is 2.89. The van der Waals surface area contributed by atoms with Gasteiger partial charge in [-0.15, -0.1) is 0 Å². The molecule has 1 heterocycles. The van der Waals surface area contributed by atoms with Crippen molar-refractivity contribution in [1.29, 1.82) is 0 Å². The van der Waals surface area contributed by atoms with Crippen LogP contribution in [0.15, 0.2) is 53.7 Å². The summed E-state index contributed by atoms with van der Waals surface area (Å²) in [5, 5.41) is 0.594. The Labute approximate surface area is 147 Å². The highest BCUT2D eigenvalue weighted by Gasteiger charge is 2.16. The summed E-state index contributed by atoms with van der Waals surface area (Å²) in [5.74, 6) is -1.92. The van der Waals surface area contributed by atoms with E-state index in [1.165, 1.54) is 24.8 Å². The molecule has 25 heavy (non-hydrogen) atoms. The van der Waals surface area contributed by atoms with E-state index in [1.54, 1.807) is 6.20 Å². The highest BCUT2D eigenvalue weighted by Crippen LogP contribution is 2.23. The molecule has 2 aromatic carbocycles. The maximum absolute atomic E-state index is 13.7. The van der Waals surface area contributed by atoms with Gasteiger partial charge in [0.25, 0.3) is 0 Å². The minimum absolute atomic E-state index is 0.0141. The van der Waals surface area contributed by atoms with Crippen molar-refractivity contribution < 1.29 is 18.3 Å². The van der Waals surface area contributed by atoms with Crippen LogP contribution >= 0.6 is 11.8 Å². The lowest BCUT2D eigenvalue weighted by Gasteiger charge is -2.14. The number of nitrogens with zero attached hydrogens (tertiary/aromatic N) is 2. The SMILES string of the molecule is C[C@H](OC(=O)CSc1cnc2ccccc2n1)c1ccc(F)cc1F. The Bertz CT molecular complexity index is 920. The smallest absolute Gasteiger partial charge is 0.316 e. The number of hydrogen-bond donors (Lipinski definition) is 0. The third-order valence-electron chi connectivity index (χ3n) is 3.47. The van der Waals surface area contributed by atoms with Gasteiger partial charge in [-0.1, -0.05) is 23.9 Å². The fourth-order valence-electron chi connectivity index (χ4n) is 2.27. The number of hydrogen-bond acceptors (Lipinski definition) is 5. The molecule has 0 saturated carbocycles. The summed E-state index contributed by atoms with van der Waals surface area (Å²) in [5.41, 5.74) is 1.64. The molecule has 3 rings (SSSR count). The van der Waals surface area contributed by atoms with E-state index in [0.717, 1.165) is 23.2 Å². The van der Waals surface area contributed by atoms with Gasteiger partial charge in [0.2, 0.25) is 0 Å². The maximum Gasteiger partial charge on any atom is 0.316 e. The highest BCUT2D eigenvalue weighted by molar-refractivity contribution is 7.99. The van der Waals surface area contributed by atoms with Crippen molar-refractivity contribution in [1.82, 2.24) is 9.97 Å². The average molecular weight is 360 g/mol. The maximum atomic E-state index is 13.7. The summed E-state index contributed by atoms with van der Waals surface area (Å²) < 4.78 is 31.8. The van der Waals surface area contributed by atoms with Crippen LogP contribution in [0, 0.1) is 11.6 Å². The second kappa shape index (κ2) is 7.57. The van der Waals surface area contributed by atoms with E-state index < -0.39 is 23.7 Å². The number of fused-ring (bicyclic) bond motifs is 1. The van der Waals surface area contributed by atoms with E-state index in [1.807, 2.05) is 24.3 Å². The van der Waals surface area contributed by atoms with Crippen LogP contribution in [0.25, 0.3) is 11.0 Å². The number of rotatable bonds is 5. The van der Waals surface area contributed by atoms with Gasteiger partial charge in [0.1, 0.15) is 22.8 Å². The Morgan fingerprint density at radius 3 is 2.72 bits per heavy atom. The Kier molecular flexibility index (Phi) is 5.23. The molecule has 3 aromatic rings. The molecule has 0 aliphatic carbocycles. The number of esters is 1. The van der Waals surface area contributed by atoms with Crippen molar-refractivity contribution in [3.63, 3.8) is 0 Å². The molecule has 0 amide bonds. The first kappa shape index (κ1) is 17.3. The zero-order chi connectivity index (χ0) is 17.8. The van der Waals surface area contributed by atoms with Crippen molar-refractivity contribution in [2.45, 2.75) is 18.1 Å². The first-order valence-electron chi connectivity index (χ1n) is 7.52. The lowest BCUT2D eigenvalue weighted by Crippen LogP contribution is -2.12. The molecule has 4 nitrogen and oxygen atoms in total. The van der Waals surface area contributed by atoms with Gasteiger partial charge >= 0.3 is 5.97 Å². The summed E-state index contributed by atoms with van der Waals surface area (Å²) in [7, 11) is 0. The number of halogens is 2. The number of aromatic nitrogens is 2. The van der Waals surface area contributed by atoms with Gasteiger partial charge in [-0.2, -0.15) is 0 Å². The Balaban J connectivity index is 1.60. The third-order valence-corrected chi connectivity index (χ3v) is 4.35. The van der Waals surface area contributed by atoms with Crippen LogP contribution in [-0.4, -0.2) is 21.7 Å². The summed E-state index contributed by atoms with van der Waals surface area (Å²) in [6.45, 7) is 1.54. The molecular weight excluding hydrogens is 346 g/mol. The van der Waals surface area contributed by atoms with Crippen molar-refractivity contribution in [3.8, 4) is 0 Å². The summed E-state index contributed by atoms with van der Waals surface area (Å²) in [4.78, 5) is 20.6. The predicted octanol–water partition coefficient (Wildman–Crippen LogP) is 4.30. The third kappa shape index (κ3) is 4.30. The molecule has 0 aliphatic rings. The zero-order valence-electron chi connectivity index (χ0n) is 13.3. The molecule has 0 aliphatic heterocycles. The van der Waals surface area contributed by atoms with Crippen LogP contribution in [0.3, 0.4) is 0 Å². The molecule has 1 aromatic heterocycles. The molecule has 1 atom stereocenters. The van der Waals surface area contributed by atoms with Crippen LogP contribution in [0.5, 0.6) is 0 Å². The quantitative estimate of drug-likeness (QED) is 0.501. The molecule has 0 radical (unpaired) electrons. The van der Waals surface area contributed by atoms with Crippen LogP contribution in [0.2, 0.25) is 0 Å². The van der Waals surface area contributed by atoms with Gasteiger partial charge < -0.3 is 4.74 Å². The van der Waals surface area contributed by atoms with E-state index in [0.29, 0.717) is 5.03 Å². The number of para-hydroxylation sites is 2. The first-order chi connectivity index (χ1) is 12.0. The second-order valence-electron chi connectivity index (χ2n) is 5.28. The van der Waals surface area contributed by atoms with Gasteiger partial charge in [-0.05, 0) is 31.2 Å². The summed E-state index contributed by atoms with van der Waals surface area (Å²) >= 11 is 1.19. The zero-order valence-corrected chi connectivity index (χ0v) is 14.1. The average Bonchev–Trinajstić information content (AvgIpc) is 2.59. The molecule has 7 heteroatoms. The van der Waals surface area contributed by atoms with E-state index in [9.17, 15) is 13.6 Å². The number of carbonyl (C=O) groups is 1. The number of carbonyl (C=O) groups excluding carboxylic acids is 1. The number of benzene rings is 2. The minimum Gasteiger partial charge on any atom is -0.457 e. The van der Waals surface area contributed by atoms with E-state index in [4.69, 9.17) is 4.74 Å². The summed E-state index contributed by atoms with van der Waals surface area (Å²) in [6, 6.07) is 10.6. The summed E-state index contributed by atoms with van der Waals surface area (Å²) in [6.07, 6.45) is 0.778. The Morgan fingerprint density at radius 1 is 1.20 bits per heavy atom. The van der Waals surface area contributed by atoms with Gasteiger partial charge in [0.15, 0.2) is 0 Å². The highest BCUT2D eigenvalue weighted by atomic mass is 32.2. The van der Waals surface area contributed by atoms with E-state index >= 15 is 0 Å². The lowest BCUT2D eigenvalue weighted by molar-refractivity contribution is -0.145. The van der Waals surface area contributed by atoms with Crippen LogP contribution in [0.4, 0.5) is 8.78 Å². The lowest BCUT2D eigenvalue weighted by atomic mass is 10.1. The monoisotopic (exact) mass is 360 g/mol. The second-order valence-corrected chi connectivity index (χ2v) is 6.28. The largest absolute Gasteiger partial charge is 0.457 e. The molecule has 0 spiro atoms. The first-order valence-corrected chi connectivity index (χ1v) is 8.50. The predicted molar refractivity (Wildman–Crippen MR) is 91.1 cm³/mol. The molecular formula is C18H14F2N2O2S. The van der Waals surface area contributed by atoms with Crippen molar-refractivity contribution in [2.75, 3.05) is 5.75 Å². The number of ether oxygens (including phenoxy) is 1. The van der Waals surface area contributed by atoms with E-state index in [2.05, 4.69) is 9.97 Å². The van der Waals surface area contributed by atoms with Gasteiger partial charge in [-0.25, -0.2) is 13.8 Å². The van der Waals surface area contributed by atoms with Crippen LogP contribution in [-0.2, 0) is 9.53 Å². The number of thioether (sulfide) groups is 1. The van der Waals surface area contributed by atoms with Gasteiger partial charge in [0, 0.05) is 11.6 Å². The van der Waals surface area contributed by atoms with Crippen molar-refractivity contribution >= 4 is 28.8 Å². The molecule has 0 saturated heterocycles. The molecule has 128 valence electrons. The minimum atomic E-state index is -0.809. The van der Waals surface area contributed by atoms with E-state index in [-0.39, 0.29) is 11.3 Å². The molecule has 0 unspecified atom stereocenters. The van der Waals surface area contributed by atoms with Crippen molar-refractivity contribution in [2.24, 2.45) is 0 Å². The Hall–Kier alpha value is -2.54. The standard InChI is InChI=1S/C18H14F2N2O2S/c1-11(13-7-6-12(19)8-14(13)20)24-18(23)10-25-17-9-21-15-4-2-3-5-16(15)22-17/h2-9,11H,10H2,1H3/t11-/m0/s1. The van der Waals surface area contributed by atoms with Crippen molar-refractivity contribution in [3.05, 3.63) is 65.9 Å². The molecule has 0 N–H and O–H groups in total. The normalized spacial score (nSPS) is 12.1. The topological polar surface area (TPSA) is 52.1 Å². The van der Waals surface area contributed by atoms with Crippen LogP contribution in [0.1, 0.15) is 18.6 Å². The fraction of sp³-hybridized carbons (Fsp3) is 0.167.